The summed E-state index contributed by atoms with van der Waals surface area (Å²) in [5.41, 5.74) is 6.14. The molecule has 4 heteroatoms. The molecule has 0 unspecified atom stereocenters. The van der Waals surface area contributed by atoms with Gasteiger partial charge in [0.2, 0.25) is 5.88 Å². The molecule has 0 aliphatic heterocycles. The third-order valence-corrected chi connectivity index (χ3v) is 1.47. The van der Waals surface area contributed by atoms with Crippen LogP contribution in [0.3, 0.4) is 0 Å². The van der Waals surface area contributed by atoms with E-state index in [1.54, 1.807) is 12.1 Å². The predicted molar refractivity (Wildman–Crippen MR) is 43.3 cm³/mol. The van der Waals surface area contributed by atoms with Gasteiger partial charge in [0.25, 0.3) is 0 Å². The largest absolute Gasteiger partial charge is 0.481 e. The Morgan fingerprint density at radius 3 is 2.83 bits per heavy atom. The number of rotatable bonds is 2. The molecule has 0 saturated heterocycles. The lowest BCUT2D eigenvalue weighted by Gasteiger charge is -2.02. The number of nitrogens with two attached hydrogens (primary N) is 1. The molecule has 0 bridgehead atoms. The molecule has 12 heavy (non-hydrogen) atoms. The van der Waals surface area contributed by atoms with Crippen LogP contribution in [0.2, 0.25) is 0 Å². The summed E-state index contributed by atoms with van der Waals surface area (Å²) in [6.07, 6.45) is 1.53. The highest BCUT2D eigenvalue weighted by Gasteiger charge is 2.03. The van der Waals surface area contributed by atoms with E-state index >= 15 is 0 Å². The first-order valence-corrected chi connectivity index (χ1v) is 3.43. The van der Waals surface area contributed by atoms with Gasteiger partial charge >= 0.3 is 0 Å². The topological polar surface area (TPSA) is 71.9 Å². The molecule has 1 atom stereocenters. The molecule has 1 rings (SSSR count). The SMILES string of the molecule is COc1ccc([C@@H](N)C#N)cn1. The first kappa shape index (κ1) is 8.50. The van der Waals surface area contributed by atoms with Crippen molar-refractivity contribution in [1.29, 1.82) is 5.26 Å². The van der Waals surface area contributed by atoms with Gasteiger partial charge < -0.3 is 10.5 Å². The van der Waals surface area contributed by atoms with E-state index in [-0.39, 0.29) is 0 Å². The molecule has 0 fully saturated rings. The zero-order chi connectivity index (χ0) is 8.97. The maximum Gasteiger partial charge on any atom is 0.212 e. The van der Waals surface area contributed by atoms with E-state index in [0.717, 1.165) is 0 Å². The van der Waals surface area contributed by atoms with Gasteiger partial charge in [-0.25, -0.2) is 4.98 Å². The molecule has 0 radical (unpaired) electrons. The molecule has 0 spiro atoms. The van der Waals surface area contributed by atoms with Gasteiger partial charge in [-0.15, -0.1) is 0 Å². The maximum atomic E-state index is 8.48. The van der Waals surface area contributed by atoms with Gasteiger partial charge in [-0.3, -0.25) is 0 Å². The minimum Gasteiger partial charge on any atom is -0.481 e. The van der Waals surface area contributed by atoms with Gasteiger partial charge in [0.05, 0.1) is 13.2 Å². The Kier molecular flexibility index (Phi) is 2.62. The summed E-state index contributed by atoms with van der Waals surface area (Å²) in [4.78, 5) is 3.91. The van der Waals surface area contributed by atoms with E-state index in [2.05, 4.69) is 4.98 Å². The first-order chi connectivity index (χ1) is 5.77. The molecule has 1 aromatic heterocycles. The average Bonchev–Trinajstić information content (AvgIpc) is 2.17. The summed E-state index contributed by atoms with van der Waals surface area (Å²) in [5.74, 6) is 0.517. The zero-order valence-electron chi connectivity index (χ0n) is 6.69. The molecule has 0 aromatic carbocycles. The van der Waals surface area contributed by atoms with E-state index in [9.17, 15) is 0 Å². The quantitative estimate of drug-likeness (QED) is 0.693. The smallest absolute Gasteiger partial charge is 0.212 e. The number of hydrogen-bond acceptors (Lipinski definition) is 4. The molecule has 1 aromatic rings. The molecular weight excluding hydrogens is 154 g/mol. The highest BCUT2D eigenvalue weighted by molar-refractivity contribution is 5.23. The number of nitrogens with zero attached hydrogens (tertiary/aromatic N) is 2. The Balaban J connectivity index is 2.86. The van der Waals surface area contributed by atoms with Crippen LogP contribution in [0.1, 0.15) is 11.6 Å². The van der Waals surface area contributed by atoms with E-state index in [1.165, 1.54) is 13.3 Å². The van der Waals surface area contributed by atoms with Crippen molar-refractivity contribution in [2.24, 2.45) is 5.73 Å². The number of nitriles is 1. The van der Waals surface area contributed by atoms with Crippen LogP contribution in [0.4, 0.5) is 0 Å². The third kappa shape index (κ3) is 1.71. The van der Waals surface area contributed by atoms with E-state index in [0.29, 0.717) is 11.4 Å². The van der Waals surface area contributed by atoms with Crippen LogP contribution in [0.5, 0.6) is 5.88 Å². The lowest BCUT2D eigenvalue weighted by molar-refractivity contribution is 0.397. The van der Waals surface area contributed by atoms with Crippen molar-refractivity contribution < 1.29 is 4.74 Å². The summed E-state index contributed by atoms with van der Waals surface area (Å²) in [7, 11) is 1.53. The minimum absolute atomic E-state index is 0.517. The monoisotopic (exact) mass is 163 g/mol. The molecular formula is C8H9N3O. The van der Waals surface area contributed by atoms with Crippen LogP contribution in [-0.2, 0) is 0 Å². The van der Waals surface area contributed by atoms with Crippen LogP contribution in [-0.4, -0.2) is 12.1 Å². The fourth-order valence-electron chi connectivity index (χ4n) is 0.771. The van der Waals surface area contributed by atoms with Gasteiger partial charge in [-0.2, -0.15) is 5.26 Å². The fourth-order valence-corrected chi connectivity index (χ4v) is 0.771. The summed E-state index contributed by atoms with van der Waals surface area (Å²) >= 11 is 0. The number of aromatic nitrogens is 1. The Labute approximate surface area is 70.6 Å². The number of pyridine rings is 1. The van der Waals surface area contributed by atoms with Crippen molar-refractivity contribution in [3.63, 3.8) is 0 Å². The Bertz CT molecular complexity index is 288. The van der Waals surface area contributed by atoms with Gasteiger partial charge in [0.1, 0.15) is 6.04 Å². The summed E-state index contributed by atoms with van der Waals surface area (Å²) in [6, 6.07) is 4.70. The Morgan fingerprint density at radius 1 is 1.67 bits per heavy atom. The van der Waals surface area contributed by atoms with Gasteiger partial charge in [-0.05, 0) is 6.07 Å². The van der Waals surface area contributed by atoms with Crippen molar-refractivity contribution in [1.82, 2.24) is 4.98 Å². The van der Waals surface area contributed by atoms with Crippen LogP contribution in [0, 0.1) is 11.3 Å². The van der Waals surface area contributed by atoms with Crippen molar-refractivity contribution >= 4 is 0 Å². The molecule has 0 amide bonds. The standard InChI is InChI=1S/C8H9N3O/c1-12-8-3-2-6(5-11-8)7(10)4-9/h2-3,5,7H,10H2,1H3/t7-/m0/s1. The van der Waals surface area contributed by atoms with Crippen LogP contribution in [0.15, 0.2) is 18.3 Å². The normalized spacial score (nSPS) is 11.8. The Morgan fingerprint density at radius 2 is 2.42 bits per heavy atom. The number of ether oxygens (including phenoxy) is 1. The van der Waals surface area contributed by atoms with E-state index in [4.69, 9.17) is 15.7 Å². The molecule has 1 heterocycles. The van der Waals surface area contributed by atoms with Crippen molar-refractivity contribution in [2.75, 3.05) is 7.11 Å². The van der Waals surface area contributed by atoms with Crippen molar-refractivity contribution in [3.8, 4) is 11.9 Å². The van der Waals surface area contributed by atoms with E-state index < -0.39 is 6.04 Å². The summed E-state index contributed by atoms with van der Waals surface area (Å²) in [6.45, 7) is 0. The maximum absolute atomic E-state index is 8.48. The van der Waals surface area contributed by atoms with Gasteiger partial charge in [-0.1, -0.05) is 0 Å². The molecule has 0 aliphatic rings. The highest BCUT2D eigenvalue weighted by Crippen LogP contribution is 2.11. The third-order valence-electron chi connectivity index (χ3n) is 1.47. The lowest BCUT2D eigenvalue weighted by atomic mass is 10.1. The van der Waals surface area contributed by atoms with E-state index in [1.807, 2.05) is 6.07 Å². The summed E-state index contributed by atoms with van der Waals surface area (Å²) in [5, 5.41) is 8.48. The molecule has 0 saturated carbocycles. The predicted octanol–water partition coefficient (Wildman–Crippen LogP) is 0.614. The highest BCUT2D eigenvalue weighted by atomic mass is 16.5. The number of methoxy groups -OCH3 is 1. The lowest BCUT2D eigenvalue weighted by Crippen LogP contribution is -2.07. The second-order valence-corrected chi connectivity index (χ2v) is 2.24. The Hall–Kier alpha value is -1.60. The first-order valence-electron chi connectivity index (χ1n) is 3.43. The van der Waals surface area contributed by atoms with Gasteiger partial charge in [0.15, 0.2) is 0 Å². The molecule has 62 valence electrons. The summed E-state index contributed by atoms with van der Waals surface area (Å²) < 4.78 is 4.85. The fraction of sp³-hybridized carbons (Fsp3) is 0.250. The van der Waals surface area contributed by atoms with Crippen molar-refractivity contribution in [2.45, 2.75) is 6.04 Å². The van der Waals surface area contributed by atoms with Crippen molar-refractivity contribution in [3.05, 3.63) is 23.9 Å². The molecule has 2 N–H and O–H groups in total. The molecule has 4 nitrogen and oxygen atoms in total. The second-order valence-electron chi connectivity index (χ2n) is 2.24. The van der Waals surface area contributed by atoms with Gasteiger partial charge in [0, 0.05) is 17.8 Å². The number of hydrogen-bond donors (Lipinski definition) is 1. The second kappa shape index (κ2) is 3.69. The van der Waals surface area contributed by atoms with Crippen LogP contribution < -0.4 is 10.5 Å². The van der Waals surface area contributed by atoms with Crippen LogP contribution >= 0.6 is 0 Å². The molecule has 0 aliphatic carbocycles. The van der Waals surface area contributed by atoms with Crippen LogP contribution in [0.25, 0.3) is 0 Å². The zero-order valence-corrected chi connectivity index (χ0v) is 6.69. The minimum atomic E-state index is -0.608. The average molecular weight is 163 g/mol.